The number of nitrogens with zero attached hydrogens (tertiary/aromatic N) is 3. The minimum Gasteiger partial charge on any atom is -0.378 e. The second-order valence-corrected chi connectivity index (χ2v) is 5.26. The van der Waals surface area contributed by atoms with Crippen molar-refractivity contribution in [1.29, 1.82) is 0 Å². The molecule has 108 valence electrons. The van der Waals surface area contributed by atoms with Gasteiger partial charge in [0.25, 0.3) is 0 Å². The molecule has 0 spiro atoms. The third-order valence-corrected chi connectivity index (χ3v) is 3.60. The number of aromatic amines is 1. The molecule has 0 fully saturated rings. The lowest BCUT2D eigenvalue weighted by molar-refractivity contribution is 0.756. The molecule has 0 saturated heterocycles. The summed E-state index contributed by atoms with van der Waals surface area (Å²) in [6.07, 6.45) is 3.82. The molecule has 0 aliphatic carbocycles. The number of aromatic nitrogens is 4. The Morgan fingerprint density at radius 1 is 1.19 bits per heavy atom. The summed E-state index contributed by atoms with van der Waals surface area (Å²) in [5, 5.41) is 14.8. The first-order valence-corrected chi connectivity index (χ1v) is 7.00. The van der Waals surface area contributed by atoms with E-state index in [1.165, 1.54) is 5.56 Å². The average Bonchev–Trinajstić information content (AvgIpc) is 3.09. The molecule has 0 bridgehead atoms. The summed E-state index contributed by atoms with van der Waals surface area (Å²) in [6, 6.07) is 10.5. The Morgan fingerprint density at radius 2 is 1.95 bits per heavy atom. The van der Waals surface area contributed by atoms with Crippen LogP contribution >= 0.6 is 0 Å². The summed E-state index contributed by atoms with van der Waals surface area (Å²) < 4.78 is 1.85. The van der Waals surface area contributed by atoms with E-state index in [4.69, 9.17) is 0 Å². The molecule has 0 aliphatic rings. The number of anilines is 1. The minimum atomic E-state index is 0.219. The predicted octanol–water partition coefficient (Wildman–Crippen LogP) is 3.29. The first-order chi connectivity index (χ1) is 10.1. The maximum Gasteiger partial charge on any atom is 0.0650 e. The largest absolute Gasteiger partial charge is 0.378 e. The molecule has 5 nitrogen and oxygen atoms in total. The van der Waals surface area contributed by atoms with Crippen LogP contribution in [0, 0.1) is 6.92 Å². The lowest BCUT2D eigenvalue weighted by Gasteiger charge is -2.15. The fraction of sp³-hybridized carbons (Fsp3) is 0.250. The Labute approximate surface area is 124 Å². The molecule has 1 aromatic carbocycles. The summed E-state index contributed by atoms with van der Waals surface area (Å²) in [4.78, 5) is 0. The van der Waals surface area contributed by atoms with Gasteiger partial charge in [-0.1, -0.05) is 12.1 Å². The van der Waals surface area contributed by atoms with Crippen molar-refractivity contribution >= 4 is 5.69 Å². The van der Waals surface area contributed by atoms with E-state index in [0.29, 0.717) is 0 Å². The number of nitrogens with one attached hydrogen (secondary N) is 2. The van der Waals surface area contributed by atoms with E-state index in [-0.39, 0.29) is 6.04 Å². The van der Waals surface area contributed by atoms with Gasteiger partial charge in [0.2, 0.25) is 0 Å². The highest BCUT2D eigenvalue weighted by Crippen LogP contribution is 2.23. The summed E-state index contributed by atoms with van der Waals surface area (Å²) in [5.74, 6) is 0. The van der Waals surface area contributed by atoms with Crippen LogP contribution in [0.4, 0.5) is 5.69 Å². The maximum atomic E-state index is 4.39. The summed E-state index contributed by atoms with van der Waals surface area (Å²) in [5.41, 5.74) is 5.52. The van der Waals surface area contributed by atoms with Gasteiger partial charge >= 0.3 is 0 Å². The molecule has 3 aromatic rings. The molecule has 0 aliphatic heterocycles. The average molecular weight is 281 g/mol. The van der Waals surface area contributed by atoms with Crippen molar-refractivity contribution in [2.45, 2.75) is 19.9 Å². The van der Waals surface area contributed by atoms with Gasteiger partial charge in [0.15, 0.2) is 0 Å². The summed E-state index contributed by atoms with van der Waals surface area (Å²) >= 11 is 0. The van der Waals surface area contributed by atoms with Crippen molar-refractivity contribution in [1.82, 2.24) is 20.0 Å². The van der Waals surface area contributed by atoms with E-state index in [2.05, 4.69) is 58.0 Å². The molecule has 2 aromatic heterocycles. The molecule has 1 unspecified atom stereocenters. The van der Waals surface area contributed by atoms with Crippen LogP contribution < -0.4 is 5.32 Å². The van der Waals surface area contributed by atoms with Gasteiger partial charge in [-0.3, -0.25) is 9.78 Å². The van der Waals surface area contributed by atoms with Crippen molar-refractivity contribution in [3.05, 3.63) is 54.0 Å². The number of benzene rings is 1. The van der Waals surface area contributed by atoms with E-state index < -0.39 is 0 Å². The van der Waals surface area contributed by atoms with E-state index in [1.54, 1.807) is 6.20 Å². The van der Waals surface area contributed by atoms with Crippen LogP contribution in [-0.4, -0.2) is 20.0 Å². The summed E-state index contributed by atoms with van der Waals surface area (Å²) in [7, 11) is 1.95. The standard InChI is InChI=1S/C16H19N5/c1-11(15-10-21(3)20-12(15)2)18-14-6-4-13(5-7-14)16-8-9-17-19-16/h4-11,18H,1-3H3,(H,17,19). The molecular weight excluding hydrogens is 262 g/mol. The quantitative estimate of drug-likeness (QED) is 0.771. The zero-order valence-corrected chi connectivity index (χ0v) is 12.5. The minimum absolute atomic E-state index is 0.219. The van der Waals surface area contributed by atoms with E-state index >= 15 is 0 Å². The molecule has 0 saturated carbocycles. The van der Waals surface area contributed by atoms with E-state index in [1.807, 2.05) is 24.7 Å². The highest BCUT2D eigenvalue weighted by atomic mass is 15.3. The van der Waals surface area contributed by atoms with Crippen LogP contribution in [0.5, 0.6) is 0 Å². The van der Waals surface area contributed by atoms with Crippen LogP contribution in [0.25, 0.3) is 11.3 Å². The Morgan fingerprint density at radius 3 is 2.52 bits per heavy atom. The Balaban J connectivity index is 1.74. The van der Waals surface area contributed by atoms with Gasteiger partial charge in [-0.05, 0) is 37.6 Å². The molecule has 5 heteroatoms. The molecular formula is C16H19N5. The van der Waals surface area contributed by atoms with Gasteiger partial charge in [-0.2, -0.15) is 10.2 Å². The van der Waals surface area contributed by atoms with Crippen molar-refractivity contribution in [3.8, 4) is 11.3 Å². The van der Waals surface area contributed by atoms with Crippen LogP contribution in [0.2, 0.25) is 0 Å². The van der Waals surface area contributed by atoms with Crippen LogP contribution in [0.3, 0.4) is 0 Å². The van der Waals surface area contributed by atoms with Crippen molar-refractivity contribution in [3.63, 3.8) is 0 Å². The van der Waals surface area contributed by atoms with E-state index in [9.17, 15) is 0 Å². The molecule has 2 N–H and O–H groups in total. The molecule has 1 atom stereocenters. The highest BCUT2D eigenvalue weighted by Gasteiger charge is 2.11. The Kier molecular flexibility index (Phi) is 3.48. The third kappa shape index (κ3) is 2.81. The Hall–Kier alpha value is -2.56. The van der Waals surface area contributed by atoms with Crippen molar-refractivity contribution in [2.75, 3.05) is 5.32 Å². The SMILES string of the molecule is Cc1nn(C)cc1C(C)Nc1ccc(-c2ccn[nH]2)cc1. The first kappa shape index (κ1) is 13.4. The zero-order chi connectivity index (χ0) is 14.8. The molecule has 3 rings (SSSR count). The number of H-pyrrole nitrogens is 1. The van der Waals surface area contributed by atoms with Crippen LogP contribution in [0.15, 0.2) is 42.7 Å². The first-order valence-electron chi connectivity index (χ1n) is 7.00. The number of aryl methyl sites for hydroxylation is 2. The summed E-state index contributed by atoms with van der Waals surface area (Å²) in [6.45, 7) is 4.18. The van der Waals surface area contributed by atoms with Gasteiger partial charge in [0, 0.05) is 30.7 Å². The monoisotopic (exact) mass is 281 g/mol. The predicted molar refractivity (Wildman–Crippen MR) is 84.0 cm³/mol. The number of hydrogen-bond acceptors (Lipinski definition) is 3. The highest BCUT2D eigenvalue weighted by molar-refractivity contribution is 5.62. The second-order valence-electron chi connectivity index (χ2n) is 5.26. The molecule has 0 radical (unpaired) electrons. The molecule has 0 amide bonds. The lowest BCUT2D eigenvalue weighted by Crippen LogP contribution is -2.06. The fourth-order valence-electron chi connectivity index (χ4n) is 2.53. The second kappa shape index (κ2) is 5.44. The third-order valence-electron chi connectivity index (χ3n) is 3.60. The van der Waals surface area contributed by atoms with Crippen LogP contribution in [-0.2, 0) is 7.05 Å². The Bertz CT molecular complexity index is 710. The van der Waals surface area contributed by atoms with Crippen molar-refractivity contribution < 1.29 is 0 Å². The van der Waals surface area contributed by atoms with Gasteiger partial charge in [-0.25, -0.2) is 0 Å². The lowest BCUT2D eigenvalue weighted by atomic mass is 10.1. The van der Waals surface area contributed by atoms with Gasteiger partial charge in [0.1, 0.15) is 0 Å². The fourth-order valence-corrected chi connectivity index (χ4v) is 2.53. The van der Waals surface area contributed by atoms with Crippen LogP contribution in [0.1, 0.15) is 24.2 Å². The molecule has 2 heterocycles. The topological polar surface area (TPSA) is 58.5 Å². The maximum absolute atomic E-state index is 4.39. The zero-order valence-electron chi connectivity index (χ0n) is 12.5. The molecule has 21 heavy (non-hydrogen) atoms. The number of hydrogen-bond donors (Lipinski definition) is 2. The van der Waals surface area contributed by atoms with Gasteiger partial charge in [-0.15, -0.1) is 0 Å². The number of rotatable bonds is 4. The smallest absolute Gasteiger partial charge is 0.0650 e. The van der Waals surface area contributed by atoms with Gasteiger partial charge in [0.05, 0.1) is 17.4 Å². The van der Waals surface area contributed by atoms with Crippen molar-refractivity contribution in [2.24, 2.45) is 7.05 Å². The van der Waals surface area contributed by atoms with E-state index in [0.717, 1.165) is 22.6 Å². The normalized spacial score (nSPS) is 12.3. The van der Waals surface area contributed by atoms with Gasteiger partial charge < -0.3 is 5.32 Å².